The van der Waals surface area contributed by atoms with Crippen molar-refractivity contribution in [1.29, 1.82) is 0 Å². The molecule has 1 aromatic carbocycles. The van der Waals surface area contributed by atoms with Crippen LogP contribution in [0.5, 0.6) is 11.5 Å². The van der Waals surface area contributed by atoms with E-state index in [-0.39, 0.29) is 30.0 Å². The minimum absolute atomic E-state index is 0.155. The van der Waals surface area contributed by atoms with Crippen molar-refractivity contribution in [3.05, 3.63) is 51.9 Å². The predicted octanol–water partition coefficient (Wildman–Crippen LogP) is 0.990. The van der Waals surface area contributed by atoms with E-state index in [1.54, 1.807) is 6.07 Å². The van der Waals surface area contributed by atoms with Crippen LogP contribution in [0.15, 0.2) is 35.1 Å². The molecular weight excluding hydrogens is 274 g/mol. The summed E-state index contributed by atoms with van der Waals surface area (Å²) in [6, 6.07) is 7.89. The number of hydrogen-bond donors (Lipinski definition) is 2. The molecular formula is C14H13N3O4. The normalized spacial score (nSPS) is 13.8. The van der Waals surface area contributed by atoms with Crippen molar-refractivity contribution in [3.63, 3.8) is 0 Å². The van der Waals surface area contributed by atoms with Crippen molar-refractivity contribution in [1.82, 2.24) is 15.5 Å². The van der Waals surface area contributed by atoms with E-state index in [0.29, 0.717) is 11.5 Å². The fourth-order valence-corrected chi connectivity index (χ4v) is 2.01. The molecule has 0 saturated heterocycles. The van der Waals surface area contributed by atoms with Gasteiger partial charge in [-0.05, 0) is 30.7 Å². The molecule has 3 rings (SSSR count). The lowest BCUT2D eigenvalue weighted by Gasteiger charge is -2.14. The highest BCUT2D eigenvalue weighted by Crippen LogP contribution is 2.34. The molecule has 2 aromatic rings. The fourth-order valence-electron chi connectivity index (χ4n) is 2.01. The van der Waals surface area contributed by atoms with Crippen molar-refractivity contribution in [2.24, 2.45) is 0 Å². The highest BCUT2D eigenvalue weighted by atomic mass is 16.7. The molecule has 1 aliphatic rings. The summed E-state index contributed by atoms with van der Waals surface area (Å²) in [4.78, 5) is 22.9. The Hall–Kier alpha value is -2.83. The Morgan fingerprint density at radius 1 is 1.29 bits per heavy atom. The second-order valence-electron chi connectivity index (χ2n) is 4.61. The van der Waals surface area contributed by atoms with E-state index in [4.69, 9.17) is 9.47 Å². The first kappa shape index (κ1) is 13.2. The van der Waals surface area contributed by atoms with Crippen molar-refractivity contribution < 1.29 is 14.3 Å². The van der Waals surface area contributed by atoms with Crippen LogP contribution in [0.3, 0.4) is 0 Å². The van der Waals surface area contributed by atoms with E-state index in [2.05, 4.69) is 15.5 Å². The van der Waals surface area contributed by atoms with Crippen LogP contribution in [0.1, 0.15) is 29.0 Å². The molecule has 7 heteroatoms. The number of aromatic nitrogens is 2. The van der Waals surface area contributed by atoms with Gasteiger partial charge in [-0.2, -0.15) is 5.10 Å². The van der Waals surface area contributed by atoms with Crippen molar-refractivity contribution in [3.8, 4) is 11.5 Å². The first-order chi connectivity index (χ1) is 10.1. The number of benzene rings is 1. The summed E-state index contributed by atoms with van der Waals surface area (Å²) < 4.78 is 10.5. The summed E-state index contributed by atoms with van der Waals surface area (Å²) in [5, 5.41) is 8.72. The van der Waals surface area contributed by atoms with Gasteiger partial charge in [0, 0.05) is 6.07 Å². The lowest BCUT2D eigenvalue weighted by molar-refractivity contribution is 0.0933. The van der Waals surface area contributed by atoms with Crippen LogP contribution in [0.25, 0.3) is 0 Å². The highest BCUT2D eigenvalue weighted by Gasteiger charge is 2.17. The number of hydrogen-bond acceptors (Lipinski definition) is 5. The van der Waals surface area contributed by atoms with Crippen molar-refractivity contribution >= 4 is 5.91 Å². The topological polar surface area (TPSA) is 93.3 Å². The van der Waals surface area contributed by atoms with E-state index in [1.807, 2.05) is 19.1 Å². The smallest absolute Gasteiger partial charge is 0.272 e. The maximum Gasteiger partial charge on any atom is 0.272 e. The second kappa shape index (κ2) is 5.28. The Labute approximate surface area is 119 Å². The Bertz CT molecular complexity index is 721. The van der Waals surface area contributed by atoms with Crippen LogP contribution in [0, 0.1) is 0 Å². The number of nitrogens with zero attached hydrogens (tertiary/aromatic N) is 1. The van der Waals surface area contributed by atoms with Gasteiger partial charge in [0.05, 0.1) is 6.04 Å². The molecule has 1 aliphatic heterocycles. The summed E-state index contributed by atoms with van der Waals surface area (Å²) in [6.45, 7) is 2.06. The molecule has 108 valence electrons. The fraction of sp³-hybridized carbons (Fsp3) is 0.214. The largest absolute Gasteiger partial charge is 0.454 e. The van der Waals surface area contributed by atoms with Crippen molar-refractivity contribution in [2.75, 3.05) is 6.79 Å². The number of amides is 1. The summed E-state index contributed by atoms with van der Waals surface area (Å²) in [5.74, 6) is 0.992. The minimum atomic E-state index is -0.364. The van der Waals surface area contributed by atoms with Gasteiger partial charge in [0.15, 0.2) is 11.5 Å². The summed E-state index contributed by atoms with van der Waals surface area (Å²) >= 11 is 0. The summed E-state index contributed by atoms with van der Waals surface area (Å²) in [5.41, 5.74) is 0.689. The molecule has 0 bridgehead atoms. The number of carbonyl (C=O) groups is 1. The van der Waals surface area contributed by atoms with Crippen molar-refractivity contribution in [2.45, 2.75) is 13.0 Å². The minimum Gasteiger partial charge on any atom is -0.454 e. The molecule has 1 amide bonds. The molecule has 0 aliphatic carbocycles. The Kier molecular flexibility index (Phi) is 3.31. The zero-order chi connectivity index (χ0) is 14.8. The molecule has 2 N–H and O–H groups in total. The van der Waals surface area contributed by atoms with Gasteiger partial charge in [0.2, 0.25) is 6.79 Å². The van der Waals surface area contributed by atoms with Gasteiger partial charge < -0.3 is 14.8 Å². The zero-order valence-corrected chi connectivity index (χ0v) is 11.3. The van der Waals surface area contributed by atoms with Gasteiger partial charge >= 0.3 is 0 Å². The van der Waals surface area contributed by atoms with Crippen LogP contribution in [-0.4, -0.2) is 22.9 Å². The Morgan fingerprint density at radius 2 is 2.10 bits per heavy atom. The van der Waals surface area contributed by atoms with E-state index in [0.717, 1.165) is 5.56 Å². The third-order valence-corrected chi connectivity index (χ3v) is 3.16. The van der Waals surface area contributed by atoms with Gasteiger partial charge in [0.25, 0.3) is 11.5 Å². The number of H-pyrrole nitrogens is 1. The highest BCUT2D eigenvalue weighted by molar-refractivity contribution is 5.92. The third-order valence-electron chi connectivity index (χ3n) is 3.16. The van der Waals surface area contributed by atoms with Crippen LogP contribution in [-0.2, 0) is 0 Å². The Balaban J connectivity index is 1.73. The maximum absolute atomic E-state index is 12.0. The molecule has 21 heavy (non-hydrogen) atoms. The predicted molar refractivity (Wildman–Crippen MR) is 73.3 cm³/mol. The van der Waals surface area contributed by atoms with Crippen LogP contribution in [0.4, 0.5) is 0 Å². The number of fused-ring (bicyclic) bond motifs is 1. The molecule has 1 unspecified atom stereocenters. The van der Waals surface area contributed by atoms with Gasteiger partial charge in [-0.1, -0.05) is 6.07 Å². The van der Waals surface area contributed by atoms with E-state index in [9.17, 15) is 9.59 Å². The number of aromatic amines is 1. The lowest BCUT2D eigenvalue weighted by Crippen LogP contribution is -2.28. The van der Waals surface area contributed by atoms with Gasteiger partial charge in [0.1, 0.15) is 5.69 Å². The average molecular weight is 287 g/mol. The molecule has 1 atom stereocenters. The second-order valence-corrected chi connectivity index (χ2v) is 4.61. The van der Waals surface area contributed by atoms with Gasteiger partial charge in [-0.3, -0.25) is 9.59 Å². The molecule has 0 spiro atoms. The lowest BCUT2D eigenvalue weighted by atomic mass is 10.1. The average Bonchev–Trinajstić information content (AvgIpc) is 2.95. The van der Waals surface area contributed by atoms with Crippen LogP contribution >= 0.6 is 0 Å². The molecule has 0 fully saturated rings. The van der Waals surface area contributed by atoms with E-state index < -0.39 is 0 Å². The molecule has 1 aromatic heterocycles. The van der Waals surface area contributed by atoms with Crippen LogP contribution < -0.4 is 20.3 Å². The maximum atomic E-state index is 12.0. The summed E-state index contributed by atoms with van der Waals surface area (Å²) in [7, 11) is 0. The molecule has 7 nitrogen and oxygen atoms in total. The van der Waals surface area contributed by atoms with Crippen LogP contribution in [0.2, 0.25) is 0 Å². The number of rotatable bonds is 3. The number of carbonyl (C=O) groups excluding carboxylic acids is 1. The van der Waals surface area contributed by atoms with Gasteiger partial charge in [-0.15, -0.1) is 0 Å². The molecule has 0 saturated carbocycles. The third kappa shape index (κ3) is 2.71. The zero-order valence-electron chi connectivity index (χ0n) is 11.3. The van der Waals surface area contributed by atoms with E-state index >= 15 is 0 Å². The number of nitrogens with one attached hydrogen (secondary N) is 2. The molecule has 0 radical (unpaired) electrons. The monoisotopic (exact) mass is 287 g/mol. The SMILES string of the molecule is CC(NC(=O)c1ccc(=O)[nH]n1)c1ccc2c(c1)OCO2. The Morgan fingerprint density at radius 3 is 2.86 bits per heavy atom. The van der Waals surface area contributed by atoms with E-state index in [1.165, 1.54) is 12.1 Å². The molecule has 2 heterocycles. The van der Waals surface area contributed by atoms with Gasteiger partial charge in [-0.25, -0.2) is 5.10 Å². The number of ether oxygens (including phenoxy) is 2. The first-order valence-electron chi connectivity index (χ1n) is 6.39. The first-order valence-corrected chi connectivity index (χ1v) is 6.39. The summed E-state index contributed by atoms with van der Waals surface area (Å²) in [6.07, 6.45) is 0. The quantitative estimate of drug-likeness (QED) is 0.878. The standard InChI is InChI=1S/C14H13N3O4/c1-8(9-2-4-11-12(6-9)21-7-20-11)15-14(19)10-3-5-13(18)17-16-10/h2-6,8H,7H2,1H3,(H,15,19)(H,17,18).